The molecule has 0 aliphatic heterocycles. The molecule has 26 heavy (non-hydrogen) atoms. The van der Waals surface area contributed by atoms with E-state index in [4.69, 9.17) is 5.26 Å². The number of nitrogens with zero attached hydrogens (tertiary/aromatic N) is 6. The van der Waals surface area contributed by atoms with Gasteiger partial charge in [0.2, 0.25) is 0 Å². The summed E-state index contributed by atoms with van der Waals surface area (Å²) in [5.74, 6) is 1.70. The Morgan fingerprint density at radius 1 is 1.31 bits per heavy atom. The van der Waals surface area contributed by atoms with Gasteiger partial charge in [0.1, 0.15) is 11.1 Å². The van der Waals surface area contributed by atoms with Gasteiger partial charge >= 0.3 is 0 Å². The standard InChI is InChI=1S/C18H18N6S2/c1-3-11-4-6-14-12(8-11)9-15(25-14)17-22-23-18(24(17)2)26-16-7-5-13(10-19)20-21-16/h5,7,9,11H,3-4,6,8H2,1-2H3. The molecule has 0 N–H and O–H groups in total. The number of hydrogen-bond donors (Lipinski definition) is 0. The second-order valence-corrected chi connectivity index (χ2v) is 8.54. The van der Waals surface area contributed by atoms with Crippen molar-refractivity contribution >= 4 is 23.1 Å². The smallest absolute Gasteiger partial charge is 0.197 e. The third-order valence-electron chi connectivity index (χ3n) is 4.77. The highest BCUT2D eigenvalue weighted by atomic mass is 32.2. The number of aromatic nitrogens is 5. The molecule has 8 heteroatoms. The van der Waals surface area contributed by atoms with Crippen LogP contribution in [0.2, 0.25) is 0 Å². The van der Waals surface area contributed by atoms with Crippen molar-refractivity contribution in [3.63, 3.8) is 0 Å². The lowest BCUT2D eigenvalue weighted by Gasteiger charge is -2.19. The van der Waals surface area contributed by atoms with E-state index < -0.39 is 0 Å². The largest absolute Gasteiger partial charge is 0.304 e. The minimum Gasteiger partial charge on any atom is -0.304 e. The van der Waals surface area contributed by atoms with Crippen LogP contribution >= 0.6 is 23.1 Å². The maximum absolute atomic E-state index is 8.81. The van der Waals surface area contributed by atoms with E-state index in [0.29, 0.717) is 10.7 Å². The van der Waals surface area contributed by atoms with E-state index in [1.807, 2.05) is 29.0 Å². The minimum absolute atomic E-state index is 0.308. The van der Waals surface area contributed by atoms with Gasteiger partial charge in [0.05, 0.1) is 4.88 Å². The van der Waals surface area contributed by atoms with Gasteiger partial charge in [0, 0.05) is 11.9 Å². The van der Waals surface area contributed by atoms with Crippen LogP contribution in [0.15, 0.2) is 28.4 Å². The molecule has 132 valence electrons. The fourth-order valence-electron chi connectivity index (χ4n) is 3.20. The number of nitriles is 1. The highest BCUT2D eigenvalue weighted by Crippen LogP contribution is 2.38. The first-order valence-corrected chi connectivity index (χ1v) is 10.2. The van der Waals surface area contributed by atoms with Gasteiger partial charge in [0.25, 0.3) is 0 Å². The molecule has 1 unspecified atom stereocenters. The molecule has 0 amide bonds. The van der Waals surface area contributed by atoms with Crippen LogP contribution in [0.1, 0.15) is 35.9 Å². The lowest BCUT2D eigenvalue weighted by Crippen LogP contribution is -2.10. The number of aryl methyl sites for hydroxylation is 1. The first-order valence-electron chi connectivity index (χ1n) is 8.61. The second-order valence-electron chi connectivity index (χ2n) is 6.41. The van der Waals surface area contributed by atoms with Crippen LogP contribution in [0.3, 0.4) is 0 Å². The molecule has 0 spiro atoms. The van der Waals surface area contributed by atoms with Crippen molar-refractivity contribution in [2.24, 2.45) is 13.0 Å². The second kappa shape index (κ2) is 7.17. The van der Waals surface area contributed by atoms with Gasteiger partial charge in [-0.15, -0.1) is 31.7 Å². The van der Waals surface area contributed by atoms with Gasteiger partial charge < -0.3 is 4.57 Å². The Labute approximate surface area is 160 Å². The number of fused-ring (bicyclic) bond motifs is 1. The van der Waals surface area contributed by atoms with Crippen molar-refractivity contribution < 1.29 is 0 Å². The van der Waals surface area contributed by atoms with Crippen molar-refractivity contribution in [3.8, 4) is 16.8 Å². The van der Waals surface area contributed by atoms with Gasteiger partial charge in [0.15, 0.2) is 16.7 Å². The minimum atomic E-state index is 0.308. The molecule has 0 radical (unpaired) electrons. The van der Waals surface area contributed by atoms with Crippen molar-refractivity contribution in [3.05, 3.63) is 34.3 Å². The fourth-order valence-corrected chi connectivity index (χ4v) is 5.14. The molecule has 1 atom stereocenters. The van der Waals surface area contributed by atoms with E-state index >= 15 is 0 Å². The first-order chi connectivity index (χ1) is 12.7. The molecule has 1 aliphatic carbocycles. The molecule has 3 aromatic heterocycles. The molecule has 0 aromatic carbocycles. The van der Waals surface area contributed by atoms with E-state index in [1.165, 1.54) is 52.8 Å². The highest BCUT2D eigenvalue weighted by molar-refractivity contribution is 7.99. The Morgan fingerprint density at radius 3 is 2.92 bits per heavy atom. The SMILES string of the molecule is CCC1CCc2sc(-c3nnc(Sc4ccc(C#N)nn4)n3C)cc2C1. The maximum Gasteiger partial charge on any atom is 0.197 e. The Balaban J connectivity index is 1.58. The summed E-state index contributed by atoms with van der Waals surface area (Å²) in [5, 5.41) is 26.9. The normalized spacial score (nSPS) is 16.3. The van der Waals surface area contributed by atoms with Crippen molar-refractivity contribution in [2.45, 2.75) is 42.8 Å². The molecule has 0 fully saturated rings. The summed E-state index contributed by atoms with van der Waals surface area (Å²) in [6.07, 6.45) is 4.91. The van der Waals surface area contributed by atoms with Crippen LogP contribution in [0.5, 0.6) is 0 Å². The van der Waals surface area contributed by atoms with Gasteiger partial charge in [-0.05, 0) is 60.7 Å². The average Bonchev–Trinajstić information content (AvgIpc) is 3.25. The summed E-state index contributed by atoms with van der Waals surface area (Å²) in [6.45, 7) is 2.28. The average molecular weight is 383 g/mol. The molecule has 1 aliphatic rings. The van der Waals surface area contributed by atoms with Crippen LogP contribution in [0.25, 0.3) is 10.7 Å². The third-order valence-corrected chi connectivity index (χ3v) is 6.97. The van der Waals surface area contributed by atoms with E-state index in [9.17, 15) is 0 Å². The van der Waals surface area contributed by atoms with Crippen LogP contribution in [0, 0.1) is 17.2 Å². The van der Waals surface area contributed by atoms with Crippen molar-refractivity contribution in [2.75, 3.05) is 0 Å². The summed E-state index contributed by atoms with van der Waals surface area (Å²) in [6, 6.07) is 7.70. The zero-order valence-corrected chi connectivity index (χ0v) is 16.3. The summed E-state index contributed by atoms with van der Waals surface area (Å²) in [4.78, 5) is 2.68. The molecule has 0 bridgehead atoms. The number of rotatable bonds is 4. The van der Waals surface area contributed by atoms with Crippen molar-refractivity contribution in [1.29, 1.82) is 5.26 Å². The topological polar surface area (TPSA) is 80.3 Å². The Kier molecular flexibility index (Phi) is 4.74. The van der Waals surface area contributed by atoms with E-state index in [-0.39, 0.29) is 0 Å². The summed E-state index contributed by atoms with van der Waals surface area (Å²) < 4.78 is 2.00. The predicted molar refractivity (Wildman–Crippen MR) is 101 cm³/mol. The lowest BCUT2D eigenvalue weighted by molar-refractivity contribution is 0.449. The summed E-state index contributed by atoms with van der Waals surface area (Å²) in [5.41, 5.74) is 1.79. The molecule has 6 nitrogen and oxygen atoms in total. The summed E-state index contributed by atoms with van der Waals surface area (Å²) in [7, 11) is 1.97. The van der Waals surface area contributed by atoms with Crippen molar-refractivity contribution in [1.82, 2.24) is 25.0 Å². The Morgan fingerprint density at radius 2 is 2.19 bits per heavy atom. The molecular formula is C18H18N6S2. The first kappa shape index (κ1) is 17.2. The van der Waals surface area contributed by atoms with Crippen LogP contribution in [0.4, 0.5) is 0 Å². The van der Waals surface area contributed by atoms with Gasteiger partial charge in [-0.25, -0.2) is 0 Å². The molecular weight excluding hydrogens is 364 g/mol. The van der Waals surface area contributed by atoms with E-state index in [2.05, 4.69) is 33.4 Å². The molecule has 0 saturated heterocycles. The molecule has 4 rings (SSSR count). The van der Waals surface area contributed by atoms with Crippen LogP contribution in [-0.2, 0) is 19.9 Å². The predicted octanol–water partition coefficient (Wildman–Crippen LogP) is 3.87. The van der Waals surface area contributed by atoms with Crippen LogP contribution in [-0.4, -0.2) is 25.0 Å². The lowest BCUT2D eigenvalue weighted by atomic mass is 9.87. The quantitative estimate of drug-likeness (QED) is 0.681. The molecule has 3 heterocycles. The fraction of sp³-hybridized carbons (Fsp3) is 0.389. The van der Waals surface area contributed by atoms with E-state index in [0.717, 1.165) is 16.9 Å². The Hall–Kier alpha value is -2.24. The highest BCUT2D eigenvalue weighted by Gasteiger charge is 2.22. The zero-order chi connectivity index (χ0) is 18.1. The maximum atomic E-state index is 8.81. The molecule has 0 saturated carbocycles. The van der Waals surface area contributed by atoms with E-state index in [1.54, 1.807) is 12.1 Å². The Bertz CT molecular complexity index is 967. The van der Waals surface area contributed by atoms with Crippen LogP contribution < -0.4 is 0 Å². The number of thiophene rings is 1. The number of hydrogen-bond acceptors (Lipinski definition) is 7. The monoisotopic (exact) mass is 382 g/mol. The van der Waals surface area contributed by atoms with Gasteiger partial charge in [-0.1, -0.05) is 13.3 Å². The third kappa shape index (κ3) is 3.24. The summed E-state index contributed by atoms with van der Waals surface area (Å²) >= 11 is 3.24. The van der Waals surface area contributed by atoms with Gasteiger partial charge in [-0.2, -0.15) is 5.26 Å². The molecule has 3 aromatic rings. The van der Waals surface area contributed by atoms with Gasteiger partial charge in [-0.3, -0.25) is 0 Å². The zero-order valence-electron chi connectivity index (χ0n) is 14.6.